The summed E-state index contributed by atoms with van der Waals surface area (Å²) in [5.41, 5.74) is 10.2. The molecule has 2 aromatic rings. The van der Waals surface area contributed by atoms with Gasteiger partial charge in [0.05, 0.1) is 22.6 Å². The van der Waals surface area contributed by atoms with Gasteiger partial charge in [0.25, 0.3) is 0 Å². The number of aromatic carboxylic acids is 1. The summed E-state index contributed by atoms with van der Waals surface area (Å²) in [6.45, 7) is 5.89. The molecule has 0 aliphatic heterocycles. The Hall–Kier alpha value is -2.30. The molecule has 0 aliphatic carbocycles. The fourth-order valence-electron chi connectivity index (χ4n) is 1.84. The first-order valence-corrected chi connectivity index (χ1v) is 5.58. The summed E-state index contributed by atoms with van der Waals surface area (Å²) in [6, 6.07) is 4.65. The molecule has 1 heterocycles. The van der Waals surface area contributed by atoms with Crippen molar-refractivity contribution in [3.63, 3.8) is 0 Å². The van der Waals surface area contributed by atoms with Crippen LogP contribution < -0.4 is 5.73 Å². The number of carboxylic acid groups (broad SMARTS) is 1. The summed E-state index contributed by atoms with van der Waals surface area (Å²) in [7, 11) is 0. The molecule has 0 saturated carbocycles. The number of carboxylic acids is 1. The van der Waals surface area contributed by atoms with Crippen molar-refractivity contribution in [2.45, 2.75) is 20.8 Å². The fraction of sp³-hybridized carbons (Fsp3) is 0.231. The molecular weight excluding hydrogens is 230 g/mol. The largest absolute Gasteiger partial charge is 0.478 e. The van der Waals surface area contributed by atoms with Gasteiger partial charge in [-0.05, 0) is 44.5 Å². The van der Waals surface area contributed by atoms with Crippen molar-refractivity contribution in [3.05, 3.63) is 40.7 Å². The Balaban J connectivity index is 2.58. The fourth-order valence-corrected chi connectivity index (χ4v) is 1.84. The lowest BCUT2D eigenvalue weighted by atomic mass is 10.1. The van der Waals surface area contributed by atoms with E-state index in [2.05, 4.69) is 5.10 Å². The smallest absolute Gasteiger partial charge is 0.335 e. The van der Waals surface area contributed by atoms with Gasteiger partial charge < -0.3 is 10.8 Å². The molecule has 18 heavy (non-hydrogen) atoms. The van der Waals surface area contributed by atoms with E-state index in [1.807, 2.05) is 20.8 Å². The van der Waals surface area contributed by atoms with Crippen LogP contribution in [0.15, 0.2) is 18.2 Å². The highest BCUT2D eigenvalue weighted by Gasteiger charge is 2.12. The van der Waals surface area contributed by atoms with E-state index in [1.165, 1.54) is 12.1 Å². The van der Waals surface area contributed by atoms with E-state index in [4.69, 9.17) is 10.8 Å². The Morgan fingerprint density at radius 2 is 2.00 bits per heavy atom. The summed E-state index contributed by atoms with van der Waals surface area (Å²) in [5, 5.41) is 13.3. The van der Waals surface area contributed by atoms with E-state index >= 15 is 0 Å². The van der Waals surface area contributed by atoms with E-state index in [1.54, 1.807) is 10.7 Å². The lowest BCUT2D eigenvalue weighted by molar-refractivity contribution is 0.0697. The number of benzene rings is 1. The van der Waals surface area contributed by atoms with Gasteiger partial charge >= 0.3 is 5.97 Å². The van der Waals surface area contributed by atoms with Crippen molar-refractivity contribution in [2.75, 3.05) is 5.73 Å². The predicted octanol–water partition coefficient (Wildman–Crippen LogP) is 2.08. The van der Waals surface area contributed by atoms with E-state index in [0.29, 0.717) is 11.4 Å². The van der Waals surface area contributed by atoms with Crippen LogP contribution >= 0.6 is 0 Å². The maximum atomic E-state index is 10.8. The van der Waals surface area contributed by atoms with E-state index in [-0.39, 0.29) is 5.56 Å². The molecule has 1 aromatic heterocycles. The quantitative estimate of drug-likeness (QED) is 0.794. The number of rotatable bonds is 2. The van der Waals surface area contributed by atoms with Gasteiger partial charge in [-0.1, -0.05) is 0 Å². The molecule has 0 aliphatic rings. The number of aromatic nitrogens is 2. The predicted molar refractivity (Wildman–Crippen MR) is 69.1 cm³/mol. The molecule has 0 saturated heterocycles. The van der Waals surface area contributed by atoms with Gasteiger partial charge in [0.1, 0.15) is 0 Å². The van der Waals surface area contributed by atoms with Crippen molar-refractivity contribution in [1.29, 1.82) is 0 Å². The van der Waals surface area contributed by atoms with Gasteiger partial charge in [-0.3, -0.25) is 0 Å². The maximum Gasteiger partial charge on any atom is 0.335 e. The minimum atomic E-state index is -0.988. The number of nitrogens with zero attached hydrogens (tertiary/aromatic N) is 2. The van der Waals surface area contributed by atoms with Gasteiger partial charge in [0, 0.05) is 5.69 Å². The number of carbonyl (C=O) groups is 1. The average Bonchev–Trinajstić information content (AvgIpc) is 2.57. The van der Waals surface area contributed by atoms with Crippen LogP contribution in [0.1, 0.15) is 27.3 Å². The van der Waals surface area contributed by atoms with Crippen LogP contribution in [0, 0.1) is 20.8 Å². The van der Waals surface area contributed by atoms with E-state index in [9.17, 15) is 4.79 Å². The van der Waals surface area contributed by atoms with Gasteiger partial charge in [-0.15, -0.1) is 0 Å². The van der Waals surface area contributed by atoms with E-state index in [0.717, 1.165) is 17.0 Å². The molecule has 0 radical (unpaired) electrons. The monoisotopic (exact) mass is 245 g/mol. The number of anilines is 1. The third-order valence-electron chi connectivity index (χ3n) is 3.16. The average molecular weight is 245 g/mol. The topological polar surface area (TPSA) is 81.1 Å². The summed E-state index contributed by atoms with van der Waals surface area (Å²) in [5.74, 6) is -0.988. The zero-order valence-corrected chi connectivity index (χ0v) is 10.6. The molecule has 0 bridgehead atoms. The SMILES string of the molecule is Cc1nn(-c2ccc(C(=O)O)cc2N)c(C)c1C. The maximum absolute atomic E-state index is 10.8. The Morgan fingerprint density at radius 3 is 2.44 bits per heavy atom. The molecule has 0 spiro atoms. The zero-order valence-electron chi connectivity index (χ0n) is 10.6. The Labute approximate surface area is 105 Å². The highest BCUT2D eigenvalue weighted by atomic mass is 16.4. The minimum absolute atomic E-state index is 0.175. The molecule has 1 aromatic carbocycles. The van der Waals surface area contributed by atoms with Gasteiger partial charge in [0.2, 0.25) is 0 Å². The highest BCUT2D eigenvalue weighted by molar-refractivity contribution is 5.89. The third kappa shape index (κ3) is 1.84. The molecule has 0 atom stereocenters. The molecule has 5 nitrogen and oxygen atoms in total. The second kappa shape index (κ2) is 4.18. The summed E-state index contributed by atoms with van der Waals surface area (Å²) < 4.78 is 1.74. The van der Waals surface area contributed by atoms with Crippen molar-refractivity contribution in [3.8, 4) is 5.69 Å². The first kappa shape index (κ1) is 12.2. The second-order valence-corrected chi connectivity index (χ2v) is 4.29. The number of nitrogen functional groups attached to an aromatic ring is 1. The first-order valence-electron chi connectivity index (χ1n) is 5.58. The Morgan fingerprint density at radius 1 is 1.33 bits per heavy atom. The van der Waals surface area contributed by atoms with Crippen LogP contribution in [-0.2, 0) is 0 Å². The number of hydrogen-bond donors (Lipinski definition) is 2. The van der Waals surface area contributed by atoms with E-state index < -0.39 is 5.97 Å². The Kier molecular flexibility index (Phi) is 2.82. The van der Waals surface area contributed by atoms with Gasteiger partial charge in [0.15, 0.2) is 0 Å². The van der Waals surface area contributed by atoms with Gasteiger partial charge in [-0.2, -0.15) is 5.10 Å². The summed E-state index contributed by atoms with van der Waals surface area (Å²) in [6.07, 6.45) is 0. The lowest BCUT2D eigenvalue weighted by Crippen LogP contribution is -2.06. The van der Waals surface area contributed by atoms with Crippen molar-refractivity contribution >= 4 is 11.7 Å². The van der Waals surface area contributed by atoms with Crippen molar-refractivity contribution in [1.82, 2.24) is 9.78 Å². The zero-order chi connectivity index (χ0) is 13.4. The molecule has 0 fully saturated rings. The van der Waals surface area contributed by atoms with Crippen LogP contribution in [0.4, 0.5) is 5.69 Å². The lowest BCUT2D eigenvalue weighted by Gasteiger charge is -2.08. The summed E-state index contributed by atoms with van der Waals surface area (Å²) >= 11 is 0. The molecule has 94 valence electrons. The minimum Gasteiger partial charge on any atom is -0.478 e. The molecule has 0 amide bonds. The number of nitrogens with two attached hydrogens (primary N) is 1. The van der Waals surface area contributed by atoms with Crippen LogP contribution in [0.2, 0.25) is 0 Å². The van der Waals surface area contributed by atoms with Crippen LogP contribution in [0.5, 0.6) is 0 Å². The molecule has 3 N–H and O–H groups in total. The summed E-state index contributed by atoms with van der Waals surface area (Å²) in [4.78, 5) is 10.8. The molecular formula is C13H15N3O2. The van der Waals surface area contributed by atoms with Crippen LogP contribution in [-0.4, -0.2) is 20.9 Å². The van der Waals surface area contributed by atoms with Crippen molar-refractivity contribution < 1.29 is 9.90 Å². The normalized spacial score (nSPS) is 10.6. The first-order chi connectivity index (χ1) is 8.41. The van der Waals surface area contributed by atoms with Gasteiger partial charge in [-0.25, -0.2) is 9.48 Å². The standard InChI is InChI=1S/C13H15N3O2/c1-7-8(2)15-16(9(7)3)12-5-4-10(13(17)18)6-11(12)14/h4-6H,14H2,1-3H3,(H,17,18). The number of hydrogen-bond acceptors (Lipinski definition) is 3. The third-order valence-corrected chi connectivity index (χ3v) is 3.16. The number of aryl methyl sites for hydroxylation is 1. The molecule has 5 heteroatoms. The second-order valence-electron chi connectivity index (χ2n) is 4.29. The van der Waals surface area contributed by atoms with Crippen LogP contribution in [0.25, 0.3) is 5.69 Å². The Bertz CT molecular complexity index is 629. The van der Waals surface area contributed by atoms with Crippen molar-refractivity contribution in [2.24, 2.45) is 0 Å². The van der Waals surface area contributed by atoms with Crippen LogP contribution in [0.3, 0.4) is 0 Å². The molecule has 2 rings (SSSR count). The highest BCUT2D eigenvalue weighted by Crippen LogP contribution is 2.22. The molecule has 0 unspecified atom stereocenters.